The number of fused-ring (bicyclic) bond motifs is 1. The van der Waals surface area contributed by atoms with Crippen LogP contribution in [0.1, 0.15) is 50.0 Å². The maximum Gasteiger partial charge on any atom is 0.254 e. The highest BCUT2D eigenvalue weighted by Gasteiger charge is 2.42. The van der Waals surface area contributed by atoms with E-state index in [0.717, 1.165) is 50.0 Å². The zero-order chi connectivity index (χ0) is 17.4. The first-order valence-electron chi connectivity index (χ1n) is 9.27. The summed E-state index contributed by atoms with van der Waals surface area (Å²) in [5.74, 6) is 1.25. The summed E-state index contributed by atoms with van der Waals surface area (Å²) >= 11 is 0. The van der Waals surface area contributed by atoms with Crippen LogP contribution in [0, 0.1) is 0 Å². The van der Waals surface area contributed by atoms with Gasteiger partial charge in [-0.15, -0.1) is 0 Å². The summed E-state index contributed by atoms with van der Waals surface area (Å²) in [5.41, 5.74) is 1.33. The molecule has 1 aliphatic heterocycles. The van der Waals surface area contributed by atoms with Gasteiger partial charge in [0.2, 0.25) is 0 Å². The second-order valence-electron chi connectivity index (χ2n) is 7.46. The van der Waals surface area contributed by atoms with E-state index >= 15 is 0 Å². The van der Waals surface area contributed by atoms with E-state index in [1.807, 2.05) is 17.0 Å². The second kappa shape index (κ2) is 6.37. The fraction of sp³-hybridized carbons (Fsp3) is 0.550. The molecular formula is C20H26N2O3. The molecule has 1 saturated carbocycles. The van der Waals surface area contributed by atoms with Crippen molar-refractivity contribution in [2.75, 3.05) is 20.2 Å². The molecule has 1 saturated heterocycles. The fourth-order valence-electron chi connectivity index (χ4n) is 4.45. The Morgan fingerprint density at radius 3 is 2.68 bits per heavy atom. The number of carbonyl (C=O) groups excluding carboxylic acids is 1. The lowest BCUT2D eigenvalue weighted by Gasteiger charge is -2.36. The molecule has 0 radical (unpaired) electrons. The van der Waals surface area contributed by atoms with E-state index in [1.165, 1.54) is 10.9 Å². The summed E-state index contributed by atoms with van der Waals surface area (Å²) < 4.78 is 5.36. The minimum absolute atomic E-state index is 0.0518. The van der Waals surface area contributed by atoms with Gasteiger partial charge in [-0.2, -0.15) is 0 Å². The number of aromatic nitrogens is 1. The van der Waals surface area contributed by atoms with Crippen molar-refractivity contribution >= 4 is 16.8 Å². The molecule has 0 bridgehead atoms. The van der Waals surface area contributed by atoms with E-state index < -0.39 is 5.60 Å². The number of likely N-dealkylation sites (tertiary alicyclic amines) is 1. The number of amides is 1. The molecule has 1 aromatic heterocycles. The van der Waals surface area contributed by atoms with Crippen LogP contribution >= 0.6 is 0 Å². The van der Waals surface area contributed by atoms with Gasteiger partial charge in [-0.05, 0) is 68.2 Å². The first kappa shape index (κ1) is 16.5. The molecule has 1 aliphatic carbocycles. The SMILES string of the molecule is COc1ccc2[nH]cc(C3CCN(C(=O)C4(O)CCCC4)CC3)c2c1. The predicted octanol–water partition coefficient (Wildman–Crippen LogP) is 3.19. The van der Waals surface area contributed by atoms with Gasteiger partial charge in [0.25, 0.3) is 5.91 Å². The molecular weight excluding hydrogens is 316 g/mol. The molecule has 2 aliphatic rings. The summed E-state index contributed by atoms with van der Waals surface area (Å²) in [5, 5.41) is 11.8. The molecule has 0 atom stereocenters. The fourth-order valence-corrected chi connectivity index (χ4v) is 4.45. The number of benzene rings is 1. The van der Waals surface area contributed by atoms with E-state index in [-0.39, 0.29) is 5.91 Å². The van der Waals surface area contributed by atoms with Crippen LogP contribution in [0.2, 0.25) is 0 Å². The zero-order valence-electron chi connectivity index (χ0n) is 14.8. The predicted molar refractivity (Wildman–Crippen MR) is 96.8 cm³/mol. The molecule has 2 fully saturated rings. The van der Waals surface area contributed by atoms with Gasteiger partial charge in [0.15, 0.2) is 0 Å². The van der Waals surface area contributed by atoms with E-state index in [4.69, 9.17) is 4.74 Å². The number of nitrogens with zero attached hydrogens (tertiary/aromatic N) is 1. The van der Waals surface area contributed by atoms with Crippen LogP contribution in [0.4, 0.5) is 0 Å². The Balaban J connectivity index is 1.48. The minimum atomic E-state index is -1.10. The van der Waals surface area contributed by atoms with Gasteiger partial charge in [0.1, 0.15) is 11.4 Å². The Morgan fingerprint density at radius 2 is 2.00 bits per heavy atom. The number of piperidine rings is 1. The number of aliphatic hydroxyl groups is 1. The number of aromatic amines is 1. The third-order valence-corrected chi connectivity index (χ3v) is 5.97. The van der Waals surface area contributed by atoms with Crippen molar-refractivity contribution < 1.29 is 14.6 Å². The number of hydrogen-bond donors (Lipinski definition) is 2. The monoisotopic (exact) mass is 342 g/mol. The van der Waals surface area contributed by atoms with Crippen molar-refractivity contribution in [1.82, 2.24) is 9.88 Å². The van der Waals surface area contributed by atoms with Gasteiger partial charge < -0.3 is 19.7 Å². The highest BCUT2D eigenvalue weighted by molar-refractivity contribution is 5.86. The van der Waals surface area contributed by atoms with Crippen LogP contribution < -0.4 is 4.74 Å². The summed E-state index contributed by atoms with van der Waals surface area (Å²) in [6, 6.07) is 6.10. The first-order chi connectivity index (χ1) is 12.1. The van der Waals surface area contributed by atoms with E-state index in [0.29, 0.717) is 18.8 Å². The third kappa shape index (κ3) is 2.91. The van der Waals surface area contributed by atoms with E-state index in [1.54, 1.807) is 7.11 Å². The maximum absolute atomic E-state index is 12.7. The largest absolute Gasteiger partial charge is 0.497 e. The van der Waals surface area contributed by atoms with Crippen molar-refractivity contribution in [3.8, 4) is 5.75 Å². The molecule has 2 aromatic rings. The number of ether oxygens (including phenoxy) is 1. The molecule has 1 aromatic carbocycles. The Bertz CT molecular complexity index is 768. The minimum Gasteiger partial charge on any atom is -0.497 e. The van der Waals surface area contributed by atoms with Crippen molar-refractivity contribution in [3.63, 3.8) is 0 Å². The Labute approximate surface area is 148 Å². The molecule has 2 N–H and O–H groups in total. The lowest BCUT2D eigenvalue weighted by molar-refractivity contribution is -0.151. The molecule has 0 unspecified atom stereocenters. The molecule has 4 rings (SSSR count). The standard InChI is InChI=1S/C20H26N2O3/c1-25-15-4-5-18-16(12-15)17(13-21-18)14-6-10-22(11-7-14)19(23)20(24)8-2-3-9-20/h4-5,12-14,21,24H,2-3,6-11H2,1H3. The number of rotatable bonds is 3. The molecule has 2 heterocycles. The van der Waals surface area contributed by atoms with Gasteiger partial charge in [-0.25, -0.2) is 0 Å². The molecule has 134 valence electrons. The summed E-state index contributed by atoms with van der Waals surface area (Å²) in [7, 11) is 1.69. The summed E-state index contributed by atoms with van der Waals surface area (Å²) in [6.45, 7) is 1.45. The second-order valence-corrected chi connectivity index (χ2v) is 7.46. The van der Waals surface area contributed by atoms with Crippen LogP contribution in [-0.2, 0) is 4.79 Å². The van der Waals surface area contributed by atoms with Crippen molar-refractivity contribution in [1.29, 1.82) is 0 Å². The smallest absolute Gasteiger partial charge is 0.254 e. The number of carbonyl (C=O) groups is 1. The quantitative estimate of drug-likeness (QED) is 0.900. The van der Waals surface area contributed by atoms with Gasteiger partial charge in [0.05, 0.1) is 7.11 Å². The topological polar surface area (TPSA) is 65.6 Å². The lowest BCUT2D eigenvalue weighted by Crippen LogP contribution is -2.49. The molecule has 5 nitrogen and oxygen atoms in total. The van der Waals surface area contributed by atoms with Crippen molar-refractivity contribution in [2.24, 2.45) is 0 Å². The van der Waals surface area contributed by atoms with Gasteiger partial charge in [-0.1, -0.05) is 0 Å². The van der Waals surface area contributed by atoms with E-state index in [9.17, 15) is 9.90 Å². The normalized spacial score (nSPS) is 21.0. The highest BCUT2D eigenvalue weighted by atomic mass is 16.5. The van der Waals surface area contributed by atoms with Gasteiger partial charge in [-0.3, -0.25) is 4.79 Å². The number of nitrogens with one attached hydrogen (secondary N) is 1. The summed E-state index contributed by atoms with van der Waals surface area (Å²) in [6.07, 6.45) is 7.11. The zero-order valence-corrected chi connectivity index (χ0v) is 14.8. The number of hydrogen-bond acceptors (Lipinski definition) is 3. The molecule has 25 heavy (non-hydrogen) atoms. The number of H-pyrrole nitrogens is 1. The van der Waals surface area contributed by atoms with Crippen LogP contribution in [0.15, 0.2) is 24.4 Å². The van der Waals surface area contributed by atoms with E-state index in [2.05, 4.69) is 17.2 Å². The first-order valence-corrected chi connectivity index (χ1v) is 9.27. The molecule has 0 spiro atoms. The Kier molecular flexibility index (Phi) is 4.20. The van der Waals surface area contributed by atoms with Crippen molar-refractivity contribution in [3.05, 3.63) is 30.0 Å². The lowest BCUT2D eigenvalue weighted by atomic mass is 9.88. The van der Waals surface area contributed by atoms with Gasteiger partial charge >= 0.3 is 0 Å². The van der Waals surface area contributed by atoms with Gasteiger partial charge in [0, 0.05) is 30.2 Å². The van der Waals surface area contributed by atoms with Crippen LogP contribution in [0.3, 0.4) is 0 Å². The third-order valence-electron chi connectivity index (χ3n) is 5.97. The average molecular weight is 342 g/mol. The average Bonchev–Trinajstić information content (AvgIpc) is 3.28. The van der Waals surface area contributed by atoms with Crippen LogP contribution in [0.25, 0.3) is 10.9 Å². The van der Waals surface area contributed by atoms with Crippen LogP contribution in [0.5, 0.6) is 5.75 Å². The molecule has 1 amide bonds. The Morgan fingerprint density at radius 1 is 1.28 bits per heavy atom. The summed E-state index contributed by atoms with van der Waals surface area (Å²) in [4.78, 5) is 17.9. The highest BCUT2D eigenvalue weighted by Crippen LogP contribution is 2.37. The maximum atomic E-state index is 12.7. The Hall–Kier alpha value is -2.01. The van der Waals surface area contributed by atoms with Crippen molar-refractivity contribution in [2.45, 2.75) is 50.0 Å². The number of methoxy groups -OCH3 is 1. The van der Waals surface area contributed by atoms with Crippen LogP contribution in [-0.4, -0.2) is 46.7 Å². The molecule has 5 heteroatoms.